The number of methoxy groups -OCH3 is 1. The Labute approximate surface area is 190 Å². The van der Waals surface area contributed by atoms with Crippen LogP contribution in [0.1, 0.15) is 45.5 Å². The second kappa shape index (κ2) is 7.86. The van der Waals surface area contributed by atoms with Crippen molar-refractivity contribution in [2.45, 2.75) is 31.5 Å². The van der Waals surface area contributed by atoms with Crippen LogP contribution in [0, 0.1) is 0 Å². The maximum absolute atomic E-state index is 11.2. The van der Waals surface area contributed by atoms with Gasteiger partial charge in [-0.05, 0) is 52.8 Å². The molecule has 0 fully saturated rings. The third kappa shape index (κ3) is 3.21. The summed E-state index contributed by atoms with van der Waals surface area (Å²) in [4.78, 5) is 2.45. The Bertz CT molecular complexity index is 1160. The molecule has 0 amide bonds. The summed E-state index contributed by atoms with van der Waals surface area (Å²) in [5.41, 5.74) is 13.6. The van der Waals surface area contributed by atoms with Gasteiger partial charge in [0, 0.05) is 28.3 Å². The van der Waals surface area contributed by atoms with Gasteiger partial charge < -0.3 is 20.7 Å². The number of aliphatic hydroxyl groups excluding tert-OH is 1. The lowest BCUT2D eigenvalue weighted by atomic mass is 9.78. The molecule has 2 aliphatic heterocycles. The van der Waals surface area contributed by atoms with E-state index >= 15 is 0 Å². The van der Waals surface area contributed by atoms with Crippen LogP contribution < -0.4 is 10.5 Å². The Morgan fingerprint density at radius 1 is 1.16 bits per heavy atom. The quantitative estimate of drug-likeness (QED) is 0.481. The van der Waals surface area contributed by atoms with Crippen LogP contribution in [0.25, 0.3) is 0 Å². The third-order valence-electron chi connectivity index (χ3n) is 6.66. The number of aromatic hydroxyl groups is 1. The zero-order chi connectivity index (χ0) is 21.7. The largest absolute Gasteiger partial charge is 0.504 e. The van der Waals surface area contributed by atoms with E-state index < -0.39 is 0 Å². The molecule has 2 heterocycles. The number of phenols is 1. The molecule has 2 aliphatic rings. The van der Waals surface area contributed by atoms with Gasteiger partial charge in [-0.1, -0.05) is 52.3 Å². The fourth-order valence-electron chi connectivity index (χ4n) is 5.21. The Morgan fingerprint density at radius 2 is 1.97 bits per heavy atom. The maximum Gasteiger partial charge on any atom is 0.163 e. The molecular weight excluding hydrogens is 456 g/mol. The number of halogens is 1. The summed E-state index contributed by atoms with van der Waals surface area (Å²) < 4.78 is 6.40. The van der Waals surface area contributed by atoms with Crippen LogP contribution in [0.3, 0.4) is 0 Å². The smallest absolute Gasteiger partial charge is 0.163 e. The van der Waals surface area contributed by atoms with Crippen molar-refractivity contribution in [3.8, 4) is 11.5 Å². The van der Waals surface area contributed by atoms with Gasteiger partial charge in [0.05, 0.1) is 19.8 Å². The van der Waals surface area contributed by atoms with Gasteiger partial charge in [-0.15, -0.1) is 0 Å². The lowest BCUT2D eigenvalue weighted by Gasteiger charge is -2.47. The number of hydrogen-bond donors (Lipinski definition) is 3. The molecule has 0 aromatic heterocycles. The van der Waals surface area contributed by atoms with E-state index in [-0.39, 0.29) is 24.4 Å². The SMILES string of the molecule is COc1cc(Br)c2c(c1O)[C@H](c1ccccc1N)N1CCc3cc(CO)ccc3[C@@H]1C2. The Hall–Kier alpha value is -2.54. The number of ether oxygens (including phenoxy) is 1. The van der Waals surface area contributed by atoms with E-state index in [4.69, 9.17) is 10.5 Å². The number of para-hydroxylation sites is 1. The first kappa shape index (κ1) is 20.4. The van der Waals surface area contributed by atoms with Crippen molar-refractivity contribution in [1.29, 1.82) is 0 Å². The standard InChI is InChI=1S/C25H25BrN2O3/c1-31-22-12-19(26)18-11-21-16-7-6-14(13-29)10-15(16)8-9-28(21)24(23(18)25(22)30)17-4-2-3-5-20(17)27/h2-7,10,12,21,24,29-30H,8-9,11,13,27H2,1H3/t21-,24-/m0/s1. The minimum Gasteiger partial charge on any atom is -0.504 e. The second-order valence-corrected chi connectivity index (χ2v) is 9.09. The predicted molar refractivity (Wildman–Crippen MR) is 124 cm³/mol. The highest BCUT2D eigenvalue weighted by Crippen LogP contribution is 2.53. The molecule has 0 saturated heterocycles. The summed E-state index contributed by atoms with van der Waals surface area (Å²) in [5, 5.41) is 20.8. The minimum atomic E-state index is -0.188. The van der Waals surface area contributed by atoms with Crippen molar-refractivity contribution in [1.82, 2.24) is 4.90 Å². The molecular formula is C25H25BrN2O3. The van der Waals surface area contributed by atoms with Crippen LogP contribution in [0.5, 0.6) is 11.5 Å². The Morgan fingerprint density at radius 3 is 2.71 bits per heavy atom. The van der Waals surface area contributed by atoms with Gasteiger partial charge in [0.15, 0.2) is 11.5 Å². The van der Waals surface area contributed by atoms with Crippen LogP contribution in [0.15, 0.2) is 53.0 Å². The van der Waals surface area contributed by atoms with Gasteiger partial charge in [0.2, 0.25) is 0 Å². The lowest BCUT2D eigenvalue weighted by molar-refractivity contribution is 0.126. The molecule has 160 valence electrons. The summed E-state index contributed by atoms with van der Waals surface area (Å²) in [6.45, 7) is 0.881. The number of nitrogens with zero attached hydrogens (tertiary/aromatic N) is 1. The molecule has 6 heteroatoms. The van der Waals surface area contributed by atoms with Crippen LogP contribution >= 0.6 is 15.9 Å². The minimum absolute atomic E-state index is 0.0485. The van der Waals surface area contributed by atoms with Gasteiger partial charge in [-0.3, -0.25) is 4.90 Å². The zero-order valence-electron chi connectivity index (χ0n) is 17.3. The molecule has 0 radical (unpaired) electrons. The number of hydrogen-bond acceptors (Lipinski definition) is 5. The summed E-state index contributed by atoms with van der Waals surface area (Å²) in [7, 11) is 1.57. The van der Waals surface area contributed by atoms with Crippen molar-refractivity contribution >= 4 is 21.6 Å². The molecule has 0 aliphatic carbocycles. The predicted octanol–water partition coefficient (Wildman–Crippen LogP) is 4.48. The van der Waals surface area contributed by atoms with Crippen molar-refractivity contribution in [3.05, 3.63) is 86.4 Å². The average molecular weight is 481 g/mol. The topological polar surface area (TPSA) is 79.0 Å². The van der Waals surface area contributed by atoms with E-state index in [0.717, 1.165) is 46.1 Å². The Balaban J connectivity index is 1.75. The first-order valence-corrected chi connectivity index (χ1v) is 11.2. The van der Waals surface area contributed by atoms with E-state index in [9.17, 15) is 10.2 Å². The summed E-state index contributed by atoms with van der Waals surface area (Å²) in [6.07, 6.45) is 1.65. The first-order chi connectivity index (χ1) is 15.0. The van der Waals surface area contributed by atoms with Crippen molar-refractivity contribution in [2.75, 3.05) is 19.4 Å². The van der Waals surface area contributed by atoms with Gasteiger partial charge in [-0.25, -0.2) is 0 Å². The molecule has 4 N–H and O–H groups in total. The normalized spacial score (nSPS) is 20.0. The molecule has 5 rings (SSSR count). The second-order valence-electron chi connectivity index (χ2n) is 8.23. The Kier molecular flexibility index (Phi) is 5.16. The highest BCUT2D eigenvalue weighted by Gasteiger charge is 2.42. The van der Waals surface area contributed by atoms with Crippen molar-refractivity contribution < 1.29 is 14.9 Å². The fraction of sp³-hybridized carbons (Fsp3) is 0.280. The molecule has 3 aromatic carbocycles. The highest BCUT2D eigenvalue weighted by atomic mass is 79.9. The number of aliphatic hydroxyl groups is 1. The molecule has 2 atom stereocenters. The molecule has 5 nitrogen and oxygen atoms in total. The average Bonchev–Trinajstić information content (AvgIpc) is 2.80. The zero-order valence-corrected chi connectivity index (χ0v) is 18.9. The molecule has 31 heavy (non-hydrogen) atoms. The van der Waals surface area contributed by atoms with Crippen LogP contribution in [-0.2, 0) is 19.4 Å². The van der Waals surface area contributed by atoms with Crippen LogP contribution in [0.2, 0.25) is 0 Å². The van der Waals surface area contributed by atoms with Crippen molar-refractivity contribution in [2.24, 2.45) is 0 Å². The third-order valence-corrected chi connectivity index (χ3v) is 7.37. The van der Waals surface area contributed by atoms with Crippen LogP contribution in [0.4, 0.5) is 5.69 Å². The van der Waals surface area contributed by atoms with Crippen LogP contribution in [-0.4, -0.2) is 28.8 Å². The summed E-state index contributed by atoms with van der Waals surface area (Å²) >= 11 is 3.73. The van der Waals surface area contributed by atoms with E-state index in [2.05, 4.69) is 33.0 Å². The molecule has 0 spiro atoms. The maximum atomic E-state index is 11.2. The number of benzene rings is 3. The van der Waals surface area contributed by atoms with Gasteiger partial charge in [0.25, 0.3) is 0 Å². The number of anilines is 1. The van der Waals surface area contributed by atoms with Crippen molar-refractivity contribution in [3.63, 3.8) is 0 Å². The van der Waals surface area contributed by atoms with Gasteiger partial charge in [-0.2, -0.15) is 0 Å². The molecule has 0 bridgehead atoms. The molecule has 3 aromatic rings. The van der Waals surface area contributed by atoms with E-state index in [1.165, 1.54) is 11.1 Å². The number of nitrogen functional groups attached to an aromatic ring is 1. The number of fused-ring (bicyclic) bond motifs is 4. The van der Waals surface area contributed by atoms with Gasteiger partial charge >= 0.3 is 0 Å². The molecule has 0 unspecified atom stereocenters. The first-order valence-electron chi connectivity index (χ1n) is 10.4. The number of nitrogens with two attached hydrogens (primary N) is 1. The van der Waals surface area contributed by atoms with E-state index in [0.29, 0.717) is 11.4 Å². The molecule has 0 saturated carbocycles. The lowest BCUT2D eigenvalue weighted by Crippen LogP contribution is -2.43. The summed E-state index contributed by atoms with van der Waals surface area (Å²) in [6, 6.07) is 16.0. The van der Waals surface area contributed by atoms with E-state index in [1.807, 2.05) is 36.4 Å². The summed E-state index contributed by atoms with van der Waals surface area (Å²) in [5.74, 6) is 0.627. The monoisotopic (exact) mass is 480 g/mol. The number of rotatable bonds is 3. The van der Waals surface area contributed by atoms with Gasteiger partial charge in [0.1, 0.15) is 0 Å². The van der Waals surface area contributed by atoms with E-state index in [1.54, 1.807) is 7.11 Å². The highest BCUT2D eigenvalue weighted by molar-refractivity contribution is 9.10. The number of phenolic OH excluding ortho intramolecular Hbond substituents is 1. The fourth-order valence-corrected chi connectivity index (χ4v) is 5.79.